The molecule has 5 nitrogen and oxygen atoms in total. The molecule has 1 fully saturated rings. The van der Waals surface area contributed by atoms with Crippen molar-refractivity contribution < 1.29 is 19.4 Å². The van der Waals surface area contributed by atoms with Gasteiger partial charge in [0, 0.05) is 17.0 Å². The fourth-order valence-electron chi connectivity index (χ4n) is 5.19. The van der Waals surface area contributed by atoms with Gasteiger partial charge in [0.15, 0.2) is 6.10 Å². The molecule has 4 rings (SSSR count). The molecule has 0 radical (unpaired) electrons. The van der Waals surface area contributed by atoms with Crippen molar-refractivity contribution in [1.82, 2.24) is 0 Å². The number of benzene rings is 3. The summed E-state index contributed by atoms with van der Waals surface area (Å²) in [4.78, 5) is 26.0. The Bertz CT molecular complexity index is 1460. The second kappa shape index (κ2) is 10.6. The minimum atomic E-state index is -1.22. The van der Waals surface area contributed by atoms with Crippen LogP contribution in [-0.4, -0.2) is 22.6 Å². The van der Waals surface area contributed by atoms with E-state index in [2.05, 4.69) is 69.4 Å². The van der Waals surface area contributed by atoms with Crippen LogP contribution in [0.4, 0.5) is 5.69 Å². The third kappa shape index (κ3) is 5.94. The first-order valence-electron chi connectivity index (χ1n) is 13.7. The average Bonchev–Trinajstić information content (AvgIpc) is 3.69. The molecule has 0 heterocycles. The van der Waals surface area contributed by atoms with Gasteiger partial charge in [-0.15, -0.1) is 0 Å². The van der Waals surface area contributed by atoms with Crippen molar-refractivity contribution >= 4 is 17.6 Å². The summed E-state index contributed by atoms with van der Waals surface area (Å²) in [6.45, 7) is 17.8. The Balaban J connectivity index is 2.14. The van der Waals surface area contributed by atoms with Crippen molar-refractivity contribution in [3.63, 3.8) is 0 Å². The largest absolute Gasteiger partial charge is 0.479 e. The van der Waals surface area contributed by atoms with E-state index in [4.69, 9.17) is 4.74 Å². The van der Waals surface area contributed by atoms with Crippen LogP contribution in [0.15, 0.2) is 36.4 Å². The summed E-state index contributed by atoms with van der Waals surface area (Å²) in [7, 11) is 0. The molecular weight excluding hydrogens is 486 g/mol. The van der Waals surface area contributed by atoms with Crippen LogP contribution in [0, 0.1) is 47.5 Å². The Hall–Kier alpha value is -3.44. The van der Waals surface area contributed by atoms with Crippen molar-refractivity contribution in [1.29, 1.82) is 0 Å². The molecule has 1 amide bonds. The summed E-state index contributed by atoms with van der Waals surface area (Å²) in [6.07, 6.45) is 0.536. The Kier molecular flexibility index (Phi) is 7.77. The Morgan fingerprint density at radius 2 is 1.33 bits per heavy atom. The average molecular weight is 528 g/mol. The van der Waals surface area contributed by atoms with Crippen LogP contribution in [0.5, 0.6) is 0 Å². The van der Waals surface area contributed by atoms with Crippen LogP contribution in [-0.2, 0) is 14.3 Å². The standard InChI is InChI=1S/C34H41NO4/c1-18-10-12-25(16-20(18)3)27-22(5)28(26-13-11-19(2)21(4)17-26)30(35-32(36)24-14-15-24)23(6)29(27)31(33(37)38)39-34(7,8)9/h10-13,16-17,24,31H,14-15H2,1-9H3,(H,35,36)(H,37,38). The van der Waals surface area contributed by atoms with Gasteiger partial charge in [0.1, 0.15) is 0 Å². The van der Waals surface area contributed by atoms with Crippen LogP contribution in [0.1, 0.15) is 78.7 Å². The monoisotopic (exact) mass is 527 g/mol. The Morgan fingerprint density at radius 3 is 1.77 bits per heavy atom. The van der Waals surface area contributed by atoms with Gasteiger partial charge in [0.2, 0.25) is 5.91 Å². The molecule has 39 heavy (non-hydrogen) atoms. The number of nitrogens with one attached hydrogen (secondary N) is 1. The number of carbonyl (C=O) groups excluding carboxylic acids is 1. The van der Waals surface area contributed by atoms with Gasteiger partial charge in [-0.2, -0.15) is 0 Å². The lowest BCUT2D eigenvalue weighted by atomic mass is 9.81. The topological polar surface area (TPSA) is 75.6 Å². The molecule has 2 N–H and O–H groups in total. The smallest absolute Gasteiger partial charge is 0.337 e. The van der Waals surface area contributed by atoms with Crippen LogP contribution in [0.2, 0.25) is 0 Å². The number of ether oxygens (including phenoxy) is 1. The highest BCUT2D eigenvalue weighted by Gasteiger charge is 2.36. The number of anilines is 1. The lowest BCUT2D eigenvalue weighted by Crippen LogP contribution is -2.29. The van der Waals surface area contributed by atoms with E-state index in [0.29, 0.717) is 16.8 Å². The zero-order chi connectivity index (χ0) is 28.8. The maximum atomic E-state index is 13.2. The number of aliphatic carboxylic acids is 1. The number of carboxylic acid groups (broad SMARTS) is 1. The van der Waals surface area contributed by atoms with Crippen LogP contribution < -0.4 is 5.32 Å². The van der Waals surface area contributed by atoms with Crippen molar-refractivity contribution in [3.8, 4) is 22.3 Å². The van der Waals surface area contributed by atoms with Gasteiger partial charge in [-0.1, -0.05) is 36.4 Å². The third-order valence-electron chi connectivity index (χ3n) is 7.79. The van der Waals surface area contributed by atoms with E-state index in [1.165, 1.54) is 5.56 Å². The number of aryl methyl sites for hydroxylation is 4. The Morgan fingerprint density at radius 1 is 0.821 bits per heavy atom. The molecule has 0 bridgehead atoms. The predicted octanol–water partition coefficient (Wildman–Crippen LogP) is 8.16. The molecule has 5 heteroatoms. The number of carboxylic acids is 1. The third-order valence-corrected chi connectivity index (χ3v) is 7.79. The summed E-state index contributed by atoms with van der Waals surface area (Å²) < 4.78 is 6.23. The highest BCUT2D eigenvalue weighted by Crippen LogP contribution is 2.47. The van der Waals surface area contributed by atoms with Crippen molar-refractivity contribution in [3.05, 3.63) is 75.3 Å². The molecule has 0 aromatic heterocycles. The number of hydrogen-bond donors (Lipinski definition) is 2. The molecule has 1 unspecified atom stereocenters. The minimum absolute atomic E-state index is 0.00119. The number of amides is 1. The van der Waals surface area contributed by atoms with Gasteiger partial charge in [0.25, 0.3) is 0 Å². The lowest BCUT2D eigenvalue weighted by Gasteiger charge is -2.31. The van der Waals surface area contributed by atoms with E-state index in [-0.39, 0.29) is 11.8 Å². The number of rotatable bonds is 7. The highest BCUT2D eigenvalue weighted by atomic mass is 16.5. The van der Waals surface area contributed by atoms with E-state index < -0.39 is 17.7 Å². The minimum Gasteiger partial charge on any atom is -0.479 e. The summed E-state index contributed by atoms with van der Waals surface area (Å²) in [5, 5.41) is 13.7. The van der Waals surface area contributed by atoms with Gasteiger partial charge >= 0.3 is 5.97 Å². The van der Waals surface area contributed by atoms with Gasteiger partial charge in [0.05, 0.1) is 11.3 Å². The van der Waals surface area contributed by atoms with Gasteiger partial charge in [-0.05, 0) is 125 Å². The molecule has 1 aliphatic rings. The molecule has 3 aromatic rings. The van der Waals surface area contributed by atoms with Gasteiger partial charge < -0.3 is 15.2 Å². The second-order valence-corrected chi connectivity index (χ2v) is 12.1. The number of carbonyl (C=O) groups is 2. The zero-order valence-corrected chi connectivity index (χ0v) is 24.7. The molecule has 1 atom stereocenters. The second-order valence-electron chi connectivity index (χ2n) is 12.1. The van der Waals surface area contributed by atoms with Gasteiger partial charge in [-0.3, -0.25) is 4.79 Å². The molecular formula is C34H41NO4. The zero-order valence-electron chi connectivity index (χ0n) is 24.7. The summed E-state index contributed by atoms with van der Waals surface area (Å²) in [6, 6.07) is 12.6. The fourth-order valence-corrected chi connectivity index (χ4v) is 5.19. The maximum absolute atomic E-state index is 13.2. The van der Waals surface area contributed by atoms with Crippen molar-refractivity contribution in [2.75, 3.05) is 5.32 Å². The lowest BCUT2D eigenvalue weighted by molar-refractivity contribution is -0.160. The quantitative estimate of drug-likeness (QED) is 0.325. The molecule has 206 valence electrons. The first kappa shape index (κ1) is 28.6. The molecule has 3 aromatic carbocycles. The normalized spacial score (nSPS) is 14.3. The molecule has 0 spiro atoms. The van der Waals surface area contributed by atoms with Gasteiger partial charge in [-0.25, -0.2) is 4.79 Å². The van der Waals surface area contributed by atoms with Crippen molar-refractivity contribution in [2.24, 2.45) is 5.92 Å². The number of hydrogen-bond acceptors (Lipinski definition) is 3. The molecule has 0 aliphatic heterocycles. The van der Waals surface area contributed by atoms with Crippen molar-refractivity contribution in [2.45, 2.75) is 86.9 Å². The van der Waals surface area contributed by atoms with Crippen LogP contribution >= 0.6 is 0 Å². The first-order valence-corrected chi connectivity index (χ1v) is 13.7. The van der Waals surface area contributed by atoms with E-state index in [1.54, 1.807) is 0 Å². The van der Waals surface area contributed by atoms with E-state index in [9.17, 15) is 14.7 Å². The maximum Gasteiger partial charge on any atom is 0.337 e. The molecule has 1 aliphatic carbocycles. The van der Waals surface area contributed by atoms with E-state index in [1.807, 2.05) is 34.6 Å². The van der Waals surface area contributed by atoms with Crippen LogP contribution in [0.3, 0.4) is 0 Å². The fraction of sp³-hybridized carbons (Fsp3) is 0.412. The van der Waals surface area contributed by atoms with Crippen LogP contribution in [0.25, 0.3) is 22.3 Å². The Labute approximate surface area is 232 Å². The molecule has 0 saturated heterocycles. The summed E-state index contributed by atoms with van der Waals surface area (Å²) in [5.41, 5.74) is 10.5. The summed E-state index contributed by atoms with van der Waals surface area (Å²) >= 11 is 0. The predicted molar refractivity (Wildman–Crippen MR) is 158 cm³/mol. The summed E-state index contributed by atoms with van der Waals surface area (Å²) in [5.74, 6) is -1.08. The SMILES string of the molecule is Cc1ccc(-c2c(C)c(-c3ccc(C)c(C)c3)c(C(OC(C)(C)C)C(=O)O)c(C)c2NC(=O)C2CC2)cc1C. The molecule has 1 saturated carbocycles. The van der Waals surface area contributed by atoms with E-state index >= 15 is 0 Å². The first-order chi connectivity index (χ1) is 18.2. The van der Waals surface area contributed by atoms with E-state index in [0.717, 1.165) is 57.3 Å². The highest BCUT2D eigenvalue weighted by molar-refractivity contribution is 6.02.